The average Bonchev–Trinajstić information content (AvgIpc) is 3.48. The maximum Gasteiger partial charge on any atom is 0.341 e. The molecule has 1 aliphatic carbocycles. The Labute approximate surface area is 169 Å². The fourth-order valence-electron chi connectivity index (χ4n) is 4.65. The third-order valence-corrected chi connectivity index (χ3v) is 6.33. The van der Waals surface area contributed by atoms with Crippen LogP contribution in [0.3, 0.4) is 0 Å². The zero-order valence-electron chi connectivity index (χ0n) is 17.4. The number of rotatable bonds is 4. The number of hydrogen-bond donors (Lipinski definition) is 1. The third kappa shape index (κ3) is 3.31. The Hall–Kier alpha value is -2.41. The molecule has 6 nitrogen and oxygen atoms in total. The van der Waals surface area contributed by atoms with Crippen LogP contribution in [-0.4, -0.2) is 52.3 Å². The molecule has 1 saturated carbocycles. The Morgan fingerprint density at radius 3 is 2.52 bits per heavy atom. The largest absolute Gasteiger partial charge is 0.477 e. The van der Waals surface area contributed by atoms with Crippen molar-refractivity contribution in [3.05, 3.63) is 39.4 Å². The lowest BCUT2D eigenvalue weighted by Gasteiger charge is -2.43. The normalized spacial score (nSPS) is 20.6. The monoisotopic (exact) mass is 401 g/mol. The summed E-state index contributed by atoms with van der Waals surface area (Å²) in [5, 5.41) is 9.64. The Kier molecular flexibility index (Phi) is 4.89. The number of aryl methyl sites for hydroxylation is 1. The molecule has 1 saturated heterocycles. The number of benzene rings is 1. The molecule has 1 aromatic heterocycles. The van der Waals surface area contributed by atoms with E-state index in [9.17, 15) is 14.7 Å². The zero-order valence-corrected chi connectivity index (χ0v) is 17.4. The molecule has 2 fully saturated rings. The molecule has 1 N–H and O–H groups in total. The lowest BCUT2D eigenvalue weighted by Crippen LogP contribution is -2.54. The topological polar surface area (TPSA) is 65.8 Å². The van der Waals surface area contributed by atoms with E-state index in [1.165, 1.54) is 6.20 Å². The van der Waals surface area contributed by atoms with E-state index in [1.54, 1.807) is 13.0 Å². The van der Waals surface area contributed by atoms with Crippen molar-refractivity contribution >= 4 is 22.6 Å². The fourth-order valence-corrected chi connectivity index (χ4v) is 4.65. The number of aromatic carboxylic acids is 1. The molecule has 0 spiro atoms. The van der Waals surface area contributed by atoms with Crippen LogP contribution in [0.1, 0.15) is 55.6 Å². The van der Waals surface area contributed by atoms with Crippen molar-refractivity contribution in [2.45, 2.75) is 58.7 Å². The number of carboxylic acid groups (broad SMARTS) is 1. The van der Waals surface area contributed by atoms with Crippen molar-refractivity contribution in [2.75, 3.05) is 24.5 Å². The molecule has 29 heavy (non-hydrogen) atoms. The first-order valence-electron chi connectivity index (χ1n) is 10.3. The predicted molar refractivity (Wildman–Crippen MR) is 112 cm³/mol. The van der Waals surface area contributed by atoms with Crippen LogP contribution >= 0.6 is 0 Å². The van der Waals surface area contributed by atoms with Crippen LogP contribution in [-0.2, 0) is 0 Å². The molecule has 0 bridgehead atoms. The fraction of sp³-hybridized carbons (Fsp3) is 0.545. The number of aromatic nitrogens is 1. The SMILES string of the molecule is Cc1c(F)c(N2CCN(C(C)C)C(C)C2)cc2c1c(=O)c(C(=O)O)cn2C1CC1. The molecular weight excluding hydrogens is 373 g/mol. The molecule has 1 aliphatic heterocycles. The van der Waals surface area contributed by atoms with Gasteiger partial charge in [-0.05, 0) is 46.6 Å². The maximum absolute atomic E-state index is 15.4. The highest BCUT2D eigenvalue weighted by atomic mass is 19.1. The van der Waals surface area contributed by atoms with Crippen molar-refractivity contribution in [2.24, 2.45) is 0 Å². The van der Waals surface area contributed by atoms with Crippen molar-refractivity contribution in [3.8, 4) is 0 Å². The van der Waals surface area contributed by atoms with Gasteiger partial charge >= 0.3 is 5.97 Å². The molecule has 2 aliphatic rings. The lowest BCUT2D eigenvalue weighted by molar-refractivity contribution is 0.0695. The molecule has 0 radical (unpaired) electrons. The number of piperazine rings is 1. The van der Waals surface area contributed by atoms with Crippen LogP contribution in [0.25, 0.3) is 10.9 Å². The van der Waals surface area contributed by atoms with E-state index in [1.807, 2.05) is 4.57 Å². The van der Waals surface area contributed by atoms with Crippen LogP contribution in [0, 0.1) is 12.7 Å². The van der Waals surface area contributed by atoms with E-state index >= 15 is 4.39 Å². The first kappa shape index (κ1) is 19.9. The maximum atomic E-state index is 15.4. The number of anilines is 1. The Bertz CT molecular complexity index is 1040. The van der Waals surface area contributed by atoms with E-state index in [0.29, 0.717) is 36.4 Å². The second kappa shape index (κ2) is 7.13. The third-order valence-electron chi connectivity index (χ3n) is 6.33. The van der Waals surface area contributed by atoms with Gasteiger partial charge in [-0.3, -0.25) is 9.69 Å². The molecule has 1 atom stereocenters. The summed E-state index contributed by atoms with van der Waals surface area (Å²) in [6.07, 6.45) is 3.31. The summed E-state index contributed by atoms with van der Waals surface area (Å²) in [5.41, 5.74) is 0.473. The minimum absolute atomic E-state index is 0.172. The van der Waals surface area contributed by atoms with Crippen molar-refractivity contribution in [1.82, 2.24) is 9.47 Å². The number of carbonyl (C=O) groups is 1. The van der Waals surface area contributed by atoms with Crippen LogP contribution in [0.15, 0.2) is 17.1 Å². The first-order valence-corrected chi connectivity index (χ1v) is 10.3. The Morgan fingerprint density at radius 2 is 1.97 bits per heavy atom. The standard InChI is InChI=1S/C22H28FN3O3/c1-12(2)25-8-7-24(10-13(25)3)18-9-17-19(14(4)20(18)23)21(27)16(22(28)29)11-26(17)15-5-6-15/h9,11-13,15H,5-8,10H2,1-4H3,(H,28,29). The number of halogens is 1. The van der Waals surface area contributed by atoms with Gasteiger partial charge in [-0.1, -0.05) is 0 Å². The molecule has 2 aromatic rings. The second-order valence-electron chi connectivity index (χ2n) is 8.67. The van der Waals surface area contributed by atoms with Gasteiger partial charge in [0.1, 0.15) is 11.4 Å². The molecule has 0 amide bonds. The molecule has 1 aromatic carbocycles. The van der Waals surface area contributed by atoms with Crippen LogP contribution in [0.4, 0.5) is 10.1 Å². The van der Waals surface area contributed by atoms with Crippen molar-refractivity contribution in [3.63, 3.8) is 0 Å². The predicted octanol–water partition coefficient (Wildman–Crippen LogP) is 3.40. The molecule has 156 valence electrons. The summed E-state index contributed by atoms with van der Waals surface area (Å²) in [5.74, 6) is -1.70. The molecule has 1 unspecified atom stereocenters. The molecule has 2 heterocycles. The van der Waals surface area contributed by atoms with Gasteiger partial charge in [0.25, 0.3) is 0 Å². The van der Waals surface area contributed by atoms with Gasteiger partial charge < -0.3 is 14.6 Å². The van der Waals surface area contributed by atoms with Gasteiger partial charge in [0.15, 0.2) is 0 Å². The van der Waals surface area contributed by atoms with Gasteiger partial charge in [0, 0.05) is 49.5 Å². The second-order valence-corrected chi connectivity index (χ2v) is 8.67. The summed E-state index contributed by atoms with van der Waals surface area (Å²) >= 11 is 0. The van der Waals surface area contributed by atoms with E-state index in [0.717, 1.165) is 19.4 Å². The lowest BCUT2D eigenvalue weighted by atomic mass is 10.0. The Balaban J connectivity index is 1.87. The highest BCUT2D eigenvalue weighted by Gasteiger charge is 2.31. The number of hydrogen-bond acceptors (Lipinski definition) is 4. The zero-order chi connectivity index (χ0) is 21.0. The van der Waals surface area contributed by atoms with Crippen LogP contribution in [0.5, 0.6) is 0 Å². The van der Waals surface area contributed by atoms with E-state index in [4.69, 9.17) is 0 Å². The summed E-state index contributed by atoms with van der Waals surface area (Å²) in [6.45, 7) is 10.3. The van der Waals surface area contributed by atoms with E-state index in [-0.39, 0.29) is 22.6 Å². The summed E-state index contributed by atoms with van der Waals surface area (Å²) in [6, 6.07) is 2.65. The van der Waals surface area contributed by atoms with Crippen molar-refractivity contribution < 1.29 is 14.3 Å². The van der Waals surface area contributed by atoms with Gasteiger partial charge in [-0.15, -0.1) is 0 Å². The van der Waals surface area contributed by atoms with E-state index in [2.05, 4.69) is 30.6 Å². The van der Waals surface area contributed by atoms with Crippen LogP contribution < -0.4 is 10.3 Å². The van der Waals surface area contributed by atoms with Gasteiger partial charge in [-0.2, -0.15) is 0 Å². The Morgan fingerprint density at radius 1 is 1.28 bits per heavy atom. The molecule has 4 rings (SSSR count). The van der Waals surface area contributed by atoms with Crippen molar-refractivity contribution in [1.29, 1.82) is 0 Å². The minimum Gasteiger partial charge on any atom is -0.477 e. The summed E-state index contributed by atoms with van der Waals surface area (Å²) in [7, 11) is 0. The number of pyridine rings is 1. The minimum atomic E-state index is -1.27. The molecular formula is C22H28FN3O3. The highest BCUT2D eigenvalue weighted by molar-refractivity contribution is 5.95. The van der Waals surface area contributed by atoms with Gasteiger partial charge in [-0.25, -0.2) is 9.18 Å². The number of fused-ring (bicyclic) bond motifs is 1. The average molecular weight is 401 g/mol. The smallest absolute Gasteiger partial charge is 0.341 e. The van der Waals surface area contributed by atoms with Gasteiger partial charge in [0.2, 0.25) is 5.43 Å². The van der Waals surface area contributed by atoms with Crippen LogP contribution in [0.2, 0.25) is 0 Å². The highest BCUT2D eigenvalue weighted by Crippen LogP contribution is 2.39. The summed E-state index contributed by atoms with van der Waals surface area (Å²) in [4.78, 5) is 28.8. The van der Waals surface area contributed by atoms with Gasteiger partial charge in [0.05, 0.1) is 16.6 Å². The number of carboxylic acids is 1. The summed E-state index contributed by atoms with van der Waals surface area (Å²) < 4.78 is 17.3. The quantitative estimate of drug-likeness (QED) is 0.851. The number of nitrogens with zero attached hydrogens (tertiary/aromatic N) is 3. The molecule has 7 heteroatoms. The van der Waals surface area contributed by atoms with E-state index < -0.39 is 17.2 Å². The first-order chi connectivity index (χ1) is 13.7.